The third-order valence-corrected chi connectivity index (χ3v) is 2.88. The zero-order chi connectivity index (χ0) is 13.4. The summed E-state index contributed by atoms with van der Waals surface area (Å²) in [7, 11) is 0. The number of hydrogen-bond acceptors (Lipinski definition) is 2. The highest BCUT2D eigenvalue weighted by Gasteiger charge is 2.12. The van der Waals surface area contributed by atoms with E-state index in [9.17, 15) is 9.59 Å². The highest BCUT2D eigenvalue weighted by atomic mass is 35.5. The molecular weight excluding hydrogens is 254 g/mol. The summed E-state index contributed by atoms with van der Waals surface area (Å²) >= 11 is 5.57. The SMILES string of the molecule is O=C(NCCCCC(Cl)C(=O)O)c1ccccc1. The molecule has 0 heterocycles. The van der Waals surface area contributed by atoms with Gasteiger partial charge in [-0.1, -0.05) is 18.2 Å². The number of benzene rings is 1. The van der Waals surface area contributed by atoms with Crippen LogP contribution < -0.4 is 5.32 Å². The van der Waals surface area contributed by atoms with E-state index in [4.69, 9.17) is 16.7 Å². The standard InChI is InChI=1S/C13H16ClNO3/c14-11(13(17)18)8-4-5-9-15-12(16)10-6-2-1-3-7-10/h1-3,6-7,11H,4-5,8-9H2,(H,15,16)(H,17,18). The Morgan fingerprint density at radius 2 is 1.89 bits per heavy atom. The molecule has 1 aromatic rings. The minimum Gasteiger partial charge on any atom is -0.480 e. The molecule has 0 aliphatic rings. The smallest absolute Gasteiger partial charge is 0.321 e. The van der Waals surface area contributed by atoms with Crippen molar-refractivity contribution in [1.29, 1.82) is 0 Å². The van der Waals surface area contributed by atoms with Gasteiger partial charge >= 0.3 is 5.97 Å². The van der Waals surface area contributed by atoms with Crippen LogP contribution in [0.25, 0.3) is 0 Å². The van der Waals surface area contributed by atoms with Gasteiger partial charge in [0.25, 0.3) is 5.91 Å². The highest BCUT2D eigenvalue weighted by molar-refractivity contribution is 6.29. The van der Waals surface area contributed by atoms with Gasteiger partial charge in [-0.25, -0.2) is 0 Å². The van der Waals surface area contributed by atoms with Crippen molar-refractivity contribution < 1.29 is 14.7 Å². The van der Waals surface area contributed by atoms with Crippen molar-refractivity contribution in [1.82, 2.24) is 5.32 Å². The van der Waals surface area contributed by atoms with E-state index in [0.717, 1.165) is 6.42 Å². The summed E-state index contributed by atoms with van der Waals surface area (Å²) < 4.78 is 0. The number of amides is 1. The lowest BCUT2D eigenvalue weighted by molar-refractivity contribution is -0.136. The van der Waals surface area contributed by atoms with E-state index < -0.39 is 11.3 Å². The molecule has 0 spiro atoms. The maximum absolute atomic E-state index is 11.6. The van der Waals surface area contributed by atoms with Crippen LogP contribution in [0.5, 0.6) is 0 Å². The van der Waals surface area contributed by atoms with E-state index in [0.29, 0.717) is 24.9 Å². The van der Waals surface area contributed by atoms with E-state index in [2.05, 4.69) is 5.32 Å². The fourth-order valence-corrected chi connectivity index (χ4v) is 1.62. The molecular formula is C13H16ClNO3. The Labute approximate surface area is 111 Å². The van der Waals surface area contributed by atoms with Crippen LogP contribution in [0.1, 0.15) is 29.6 Å². The van der Waals surface area contributed by atoms with E-state index in [1.165, 1.54) is 0 Å². The number of hydrogen-bond donors (Lipinski definition) is 2. The Morgan fingerprint density at radius 3 is 2.50 bits per heavy atom. The van der Waals surface area contributed by atoms with Gasteiger partial charge in [0, 0.05) is 12.1 Å². The zero-order valence-electron chi connectivity index (χ0n) is 9.93. The average Bonchev–Trinajstić information content (AvgIpc) is 2.38. The third kappa shape index (κ3) is 5.19. The van der Waals surface area contributed by atoms with Crippen LogP contribution in [-0.4, -0.2) is 28.9 Å². The minimum absolute atomic E-state index is 0.115. The second-order valence-electron chi connectivity index (χ2n) is 3.92. The quantitative estimate of drug-likeness (QED) is 0.589. The maximum Gasteiger partial charge on any atom is 0.321 e. The summed E-state index contributed by atoms with van der Waals surface area (Å²) in [5.41, 5.74) is 0.623. The van der Waals surface area contributed by atoms with Crippen molar-refractivity contribution in [3.8, 4) is 0 Å². The van der Waals surface area contributed by atoms with Gasteiger partial charge in [-0.3, -0.25) is 9.59 Å². The lowest BCUT2D eigenvalue weighted by atomic mass is 10.2. The molecule has 0 saturated carbocycles. The number of rotatable bonds is 7. The molecule has 4 nitrogen and oxygen atoms in total. The van der Waals surface area contributed by atoms with Gasteiger partial charge in [0.1, 0.15) is 5.38 Å². The number of carboxylic acids is 1. The normalized spacial score (nSPS) is 11.8. The Kier molecular flexibility index (Phi) is 6.22. The molecule has 1 unspecified atom stereocenters. The second kappa shape index (κ2) is 7.71. The average molecular weight is 270 g/mol. The first-order chi connectivity index (χ1) is 8.61. The molecule has 0 aliphatic heterocycles. The van der Waals surface area contributed by atoms with Crippen LogP contribution in [0.3, 0.4) is 0 Å². The van der Waals surface area contributed by atoms with E-state index in [-0.39, 0.29) is 5.91 Å². The summed E-state index contributed by atoms with van der Waals surface area (Å²) in [4.78, 5) is 22.1. The Hall–Kier alpha value is -1.55. The molecule has 18 heavy (non-hydrogen) atoms. The number of carboxylic acid groups (broad SMARTS) is 1. The summed E-state index contributed by atoms with van der Waals surface area (Å²) in [5, 5.41) is 10.5. The van der Waals surface area contributed by atoms with Crippen molar-refractivity contribution in [3.05, 3.63) is 35.9 Å². The largest absolute Gasteiger partial charge is 0.480 e. The second-order valence-corrected chi connectivity index (χ2v) is 4.45. The molecule has 0 fully saturated rings. The van der Waals surface area contributed by atoms with Gasteiger partial charge in [-0.15, -0.1) is 11.6 Å². The van der Waals surface area contributed by atoms with Gasteiger partial charge in [-0.05, 0) is 31.4 Å². The Balaban J connectivity index is 2.15. The van der Waals surface area contributed by atoms with Gasteiger partial charge in [0.15, 0.2) is 0 Å². The van der Waals surface area contributed by atoms with E-state index in [1.807, 2.05) is 6.07 Å². The van der Waals surface area contributed by atoms with Crippen LogP contribution in [0.2, 0.25) is 0 Å². The third-order valence-electron chi connectivity index (χ3n) is 2.47. The summed E-state index contributed by atoms with van der Waals surface area (Å²) in [6.45, 7) is 0.525. The molecule has 0 radical (unpaired) electrons. The number of alkyl halides is 1. The molecule has 0 saturated heterocycles. The first-order valence-electron chi connectivity index (χ1n) is 5.81. The molecule has 5 heteroatoms. The first kappa shape index (κ1) is 14.5. The van der Waals surface area contributed by atoms with Crippen LogP contribution in [0.4, 0.5) is 0 Å². The van der Waals surface area contributed by atoms with Gasteiger partial charge in [0.05, 0.1) is 0 Å². The number of aliphatic carboxylic acids is 1. The minimum atomic E-state index is -0.995. The Morgan fingerprint density at radius 1 is 1.22 bits per heavy atom. The molecule has 0 bridgehead atoms. The highest BCUT2D eigenvalue weighted by Crippen LogP contribution is 2.07. The van der Waals surface area contributed by atoms with Gasteiger partial charge < -0.3 is 10.4 Å². The molecule has 98 valence electrons. The molecule has 1 rings (SSSR count). The number of nitrogens with one attached hydrogen (secondary N) is 1. The van der Waals surface area contributed by atoms with Gasteiger partial charge in [-0.2, -0.15) is 0 Å². The summed E-state index contributed by atoms with van der Waals surface area (Å²) in [5.74, 6) is -1.11. The molecule has 1 amide bonds. The van der Waals surface area contributed by atoms with Crippen molar-refractivity contribution >= 4 is 23.5 Å². The van der Waals surface area contributed by atoms with Crippen molar-refractivity contribution in [3.63, 3.8) is 0 Å². The predicted molar refractivity (Wildman–Crippen MR) is 69.9 cm³/mol. The van der Waals surface area contributed by atoms with Crippen molar-refractivity contribution in [2.24, 2.45) is 0 Å². The molecule has 0 aromatic heterocycles. The molecule has 1 aromatic carbocycles. The van der Waals surface area contributed by atoms with Crippen LogP contribution in [0.15, 0.2) is 30.3 Å². The summed E-state index contributed by atoms with van der Waals surface area (Å²) in [6.07, 6.45) is 1.81. The maximum atomic E-state index is 11.6. The lowest BCUT2D eigenvalue weighted by Gasteiger charge is -2.06. The van der Waals surface area contributed by atoms with E-state index in [1.54, 1.807) is 24.3 Å². The molecule has 0 aliphatic carbocycles. The van der Waals surface area contributed by atoms with Crippen molar-refractivity contribution in [2.45, 2.75) is 24.6 Å². The number of unbranched alkanes of at least 4 members (excludes halogenated alkanes) is 1. The fraction of sp³-hybridized carbons (Fsp3) is 0.385. The predicted octanol–water partition coefficient (Wildman–Crippen LogP) is 2.28. The first-order valence-corrected chi connectivity index (χ1v) is 6.25. The van der Waals surface area contributed by atoms with Crippen LogP contribution >= 0.6 is 11.6 Å². The van der Waals surface area contributed by atoms with Crippen LogP contribution in [-0.2, 0) is 4.79 Å². The summed E-state index contributed by atoms with van der Waals surface area (Å²) in [6, 6.07) is 8.95. The zero-order valence-corrected chi connectivity index (χ0v) is 10.7. The van der Waals surface area contributed by atoms with E-state index >= 15 is 0 Å². The molecule has 1 atom stereocenters. The number of halogens is 1. The topological polar surface area (TPSA) is 66.4 Å². The molecule has 2 N–H and O–H groups in total. The van der Waals surface area contributed by atoms with Crippen LogP contribution in [0, 0.1) is 0 Å². The number of carbonyl (C=O) groups is 2. The Bertz CT molecular complexity index is 394. The van der Waals surface area contributed by atoms with Crippen molar-refractivity contribution in [2.75, 3.05) is 6.54 Å². The monoisotopic (exact) mass is 269 g/mol. The number of carbonyl (C=O) groups excluding carboxylic acids is 1. The lowest BCUT2D eigenvalue weighted by Crippen LogP contribution is -2.24. The van der Waals surface area contributed by atoms with Gasteiger partial charge in [0.2, 0.25) is 0 Å². The fourth-order valence-electron chi connectivity index (χ4n) is 1.47.